The minimum atomic E-state index is -1.31. The first-order valence-corrected chi connectivity index (χ1v) is 2.62. The fraction of sp³-hybridized carbons (Fsp3) is 0. The molecule has 0 unspecified atom stereocenters. The fourth-order valence-corrected chi connectivity index (χ4v) is 0.538. The van der Waals surface area contributed by atoms with Gasteiger partial charge in [0.2, 0.25) is 0 Å². The normalized spacial score (nSPS) is 9.45. The molecule has 0 amide bonds. The van der Waals surface area contributed by atoms with E-state index in [0.29, 0.717) is 4.68 Å². The first kappa shape index (κ1) is 7.26. The highest BCUT2D eigenvalue weighted by Gasteiger charge is 2.08. The Kier molecular flexibility index (Phi) is 1.59. The van der Waals surface area contributed by atoms with Gasteiger partial charge in [-0.15, -0.1) is 0 Å². The Balaban J connectivity index is 2.99. The highest BCUT2D eigenvalue weighted by atomic mass is 16.4. The average molecular weight is 156 g/mol. The standard InChI is InChI=1S/C5H4N2O4/c8-4(9)3-1-6-7(2-3)5(10)11/h1-2H,(H,8,9)(H,10,11). The topological polar surface area (TPSA) is 92.4 Å². The maximum atomic E-state index is 10.2. The van der Waals surface area contributed by atoms with Crippen molar-refractivity contribution < 1.29 is 19.8 Å². The van der Waals surface area contributed by atoms with Gasteiger partial charge in [-0.25, -0.2) is 9.59 Å². The fourth-order valence-electron chi connectivity index (χ4n) is 0.538. The van der Waals surface area contributed by atoms with E-state index < -0.39 is 12.1 Å². The molecule has 6 nitrogen and oxygen atoms in total. The molecule has 6 heteroatoms. The van der Waals surface area contributed by atoms with Crippen molar-refractivity contribution in [1.82, 2.24) is 9.78 Å². The van der Waals surface area contributed by atoms with Gasteiger partial charge in [0.1, 0.15) is 0 Å². The summed E-state index contributed by atoms with van der Waals surface area (Å²) < 4.78 is 0.531. The number of aromatic carboxylic acids is 1. The summed E-state index contributed by atoms with van der Waals surface area (Å²) in [5, 5.41) is 19.9. The zero-order valence-electron chi connectivity index (χ0n) is 5.26. The molecular weight excluding hydrogens is 152 g/mol. The third-order valence-corrected chi connectivity index (χ3v) is 1.03. The lowest BCUT2D eigenvalue weighted by atomic mass is 10.4. The number of nitrogens with zero attached hydrogens (tertiary/aromatic N) is 2. The van der Waals surface area contributed by atoms with E-state index >= 15 is 0 Å². The molecular formula is C5H4N2O4. The van der Waals surface area contributed by atoms with Crippen molar-refractivity contribution in [2.75, 3.05) is 0 Å². The number of hydrogen-bond acceptors (Lipinski definition) is 3. The summed E-state index contributed by atoms with van der Waals surface area (Å²) in [7, 11) is 0. The number of carbonyl (C=O) groups is 2. The molecule has 0 aromatic carbocycles. The van der Waals surface area contributed by atoms with Gasteiger partial charge in [0.25, 0.3) is 0 Å². The van der Waals surface area contributed by atoms with Crippen LogP contribution in [0.3, 0.4) is 0 Å². The summed E-state index contributed by atoms with van der Waals surface area (Å²) in [6.07, 6.45) is 0.582. The Morgan fingerprint density at radius 1 is 1.45 bits per heavy atom. The van der Waals surface area contributed by atoms with Crippen LogP contribution in [0.15, 0.2) is 12.4 Å². The number of rotatable bonds is 1. The van der Waals surface area contributed by atoms with Gasteiger partial charge in [-0.3, -0.25) is 0 Å². The molecule has 1 aromatic rings. The molecule has 0 aliphatic carbocycles. The SMILES string of the molecule is O=C(O)c1cnn(C(=O)O)c1. The van der Waals surface area contributed by atoms with E-state index in [4.69, 9.17) is 10.2 Å². The third-order valence-electron chi connectivity index (χ3n) is 1.03. The molecule has 11 heavy (non-hydrogen) atoms. The quantitative estimate of drug-likeness (QED) is 0.601. The highest BCUT2D eigenvalue weighted by Crippen LogP contribution is 1.95. The summed E-state index contributed by atoms with van der Waals surface area (Å²) in [5.74, 6) is -1.20. The second-order valence-corrected chi connectivity index (χ2v) is 1.76. The predicted octanol–water partition coefficient (Wildman–Crippen LogP) is 0.107. The van der Waals surface area contributed by atoms with Gasteiger partial charge in [-0.2, -0.15) is 9.78 Å². The molecule has 0 aliphatic rings. The Morgan fingerprint density at radius 3 is 2.36 bits per heavy atom. The number of carboxylic acids is 1. The van der Waals surface area contributed by atoms with Gasteiger partial charge in [-0.05, 0) is 0 Å². The van der Waals surface area contributed by atoms with E-state index in [1.807, 2.05) is 0 Å². The van der Waals surface area contributed by atoms with Crippen molar-refractivity contribution in [1.29, 1.82) is 0 Å². The highest BCUT2D eigenvalue weighted by molar-refractivity contribution is 5.87. The first-order valence-electron chi connectivity index (χ1n) is 2.62. The summed E-state index contributed by atoms with van der Waals surface area (Å²) in [6.45, 7) is 0. The summed E-state index contributed by atoms with van der Waals surface area (Å²) >= 11 is 0. The Hall–Kier alpha value is -1.85. The minimum absolute atomic E-state index is 0.146. The average Bonchev–Trinajstić information content (AvgIpc) is 2.33. The molecule has 58 valence electrons. The third kappa shape index (κ3) is 1.34. The van der Waals surface area contributed by atoms with Crippen LogP contribution in [-0.2, 0) is 0 Å². The van der Waals surface area contributed by atoms with E-state index in [1.54, 1.807) is 0 Å². The van der Waals surface area contributed by atoms with Crippen LogP contribution in [0.2, 0.25) is 0 Å². The Labute approximate surface area is 60.7 Å². The molecule has 1 aromatic heterocycles. The zero-order chi connectivity index (χ0) is 8.43. The van der Waals surface area contributed by atoms with E-state index in [0.717, 1.165) is 12.4 Å². The van der Waals surface area contributed by atoms with Gasteiger partial charge in [-0.1, -0.05) is 0 Å². The van der Waals surface area contributed by atoms with Crippen LogP contribution in [0.25, 0.3) is 0 Å². The molecule has 0 fully saturated rings. The van der Waals surface area contributed by atoms with Crippen molar-refractivity contribution in [3.05, 3.63) is 18.0 Å². The van der Waals surface area contributed by atoms with E-state index in [1.165, 1.54) is 0 Å². The van der Waals surface area contributed by atoms with Gasteiger partial charge < -0.3 is 10.2 Å². The molecule has 1 heterocycles. The Morgan fingerprint density at radius 2 is 2.09 bits per heavy atom. The van der Waals surface area contributed by atoms with Gasteiger partial charge in [0.15, 0.2) is 0 Å². The molecule has 1 rings (SSSR count). The minimum Gasteiger partial charge on any atom is -0.478 e. The molecule has 2 N–H and O–H groups in total. The van der Waals surface area contributed by atoms with Crippen LogP contribution in [0.4, 0.5) is 4.79 Å². The number of carboxylic acid groups (broad SMARTS) is 2. The lowest BCUT2D eigenvalue weighted by Crippen LogP contribution is -2.07. The largest absolute Gasteiger partial charge is 0.478 e. The van der Waals surface area contributed by atoms with Crippen LogP contribution in [0.5, 0.6) is 0 Å². The van der Waals surface area contributed by atoms with Gasteiger partial charge in [0, 0.05) is 0 Å². The smallest absolute Gasteiger partial charge is 0.432 e. The maximum Gasteiger partial charge on any atom is 0.432 e. The lowest BCUT2D eigenvalue weighted by molar-refractivity contribution is 0.0697. The van der Waals surface area contributed by atoms with E-state index in [-0.39, 0.29) is 5.56 Å². The first-order chi connectivity index (χ1) is 5.11. The number of aromatic nitrogens is 2. The summed E-state index contributed by atoms with van der Waals surface area (Å²) in [4.78, 5) is 20.3. The van der Waals surface area contributed by atoms with Crippen molar-refractivity contribution in [2.45, 2.75) is 0 Å². The molecule has 0 saturated heterocycles. The van der Waals surface area contributed by atoms with Gasteiger partial charge in [0.05, 0.1) is 18.0 Å². The Bertz CT molecular complexity index is 275. The van der Waals surface area contributed by atoms with Crippen molar-refractivity contribution in [3.8, 4) is 0 Å². The zero-order valence-corrected chi connectivity index (χ0v) is 5.26. The summed E-state index contributed by atoms with van der Waals surface area (Å²) in [5.41, 5.74) is -0.146. The molecule has 0 saturated carbocycles. The van der Waals surface area contributed by atoms with Crippen molar-refractivity contribution >= 4 is 12.1 Å². The molecule has 0 bridgehead atoms. The van der Waals surface area contributed by atoms with Crippen molar-refractivity contribution in [3.63, 3.8) is 0 Å². The van der Waals surface area contributed by atoms with Crippen LogP contribution in [0.1, 0.15) is 10.4 Å². The lowest BCUT2D eigenvalue weighted by Gasteiger charge is -1.86. The van der Waals surface area contributed by atoms with E-state index in [2.05, 4.69) is 5.10 Å². The monoisotopic (exact) mass is 156 g/mol. The molecule has 0 atom stereocenters. The molecule has 0 aliphatic heterocycles. The number of hydrogen-bond donors (Lipinski definition) is 2. The predicted molar refractivity (Wildman–Crippen MR) is 32.6 cm³/mol. The van der Waals surface area contributed by atoms with E-state index in [9.17, 15) is 9.59 Å². The molecule has 0 radical (unpaired) electrons. The van der Waals surface area contributed by atoms with Crippen LogP contribution in [-0.4, -0.2) is 32.1 Å². The van der Waals surface area contributed by atoms with Crippen LogP contribution >= 0.6 is 0 Å². The maximum absolute atomic E-state index is 10.2. The summed E-state index contributed by atoms with van der Waals surface area (Å²) in [6, 6.07) is 0. The second-order valence-electron chi connectivity index (χ2n) is 1.76. The van der Waals surface area contributed by atoms with Gasteiger partial charge >= 0.3 is 12.1 Å². The van der Waals surface area contributed by atoms with Crippen LogP contribution < -0.4 is 0 Å². The van der Waals surface area contributed by atoms with Crippen LogP contribution in [0, 0.1) is 0 Å². The second kappa shape index (κ2) is 2.41. The van der Waals surface area contributed by atoms with Crippen molar-refractivity contribution in [2.24, 2.45) is 0 Å². The molecule has 0 spiro atoms.